The van der Waals surface area contributed by atoms with Crippen molar-refractivity contribution < 1.29 is 0 Å². The number of aromatic nitrogens is 4. The van der Waals surface area contributed by atoms with Crippen LogP contribution in [0.3, 0.4) is 0 Å². The molecule has 2 aromatic heterocycles. The number of nitrogens with zero attached hydrogens (tertiary/aromatic N) is 3. The number of hydrogen-bond donors (Lipinski definition) is 1. The first-order valence-electron chi connectivity index (χ1n) is 8.73. The van der Waals surface area contributed by atoms with E-state index in [9.17, 15) is 9.59 Å². The highest BCUT2D eigenvalue weighted by atomic mass is 35.5. The summed E-state index contributed by atoms with van der Waals surface area (Å²) in [6.45, 7) is 0.428. The van der Waals surface area contributed by atoms with Gasteiger partial charge in [0, 0.05) is 22.8 Å². The van der Waals surface area contributed by atoms with Gasteiger partial charge in [-0.2, -0.15) is 0 Å². The quantitative estimate of drug-likeness (QED) is 0.468. The molecule has 1 N–H and O–H groups in total. The van der Waals surface area contributed by atoms with Gasteiger partial charge < -0.3 is 4.57 Å². The minimum Gasteiger partial charge on any atom is -0.309 e. The number of thioether (sulfide) groups is 1. The topological polar surface area (TPSA) is 72.7 Å². The van der Waals surface area contributed by atoms with Crippen molar-refractivity contribution in [1.29, 1.82) is 0 Å². The number of hydrogen-bond acceptors (Lipinski definition) is 4. The minimum absolute atomic E-state index is 0.353. The smallest absolute Gasteiger partial charge is 0.309 e. The highest BCUT2D eigenvalue weighted by Crippen LogP contribution is 2.26. The molecule has 0 saturated carbocycles. The fourth-order valence-electron chi connectivity index (χ4n) is 2.97. The normalized spacial score (nSPS) is 11.3. The van der Waals surface area contributed by atoms with Crippen molar-refractivity contribution in [3.8, 4) is 0 Å². The van der Waals surface area contributed by atoms with E-state index in [1.165, 1.54) is 16.3 Å². The van der Waals surface area contributed by atoms with Crippen molar-refractivity contribution in [2.45, 2.75) is 17.5 Å². The Morgan fingerprint density at radius 2 is 1.55 bits per heavy atom. The van der Waals surface area contributed by atoms with Gasteiger partial charge in [0.1, 0.15) is 0 Å². The van der Waals surface area contributed by atoms with E-state index in [0.29, 0.717) is 38.7 Å². The zero-order valence-corrected chi connectivity index (χ0v) is 17.7. The third-order valence-corrected chi connectivity index (χ3v) is 6.06. The van der Waals surface area contributed by atoms with Gasteiger partial charge in [-0.3, -0.25) is 14.3 Å². The molecule has 0 radical (unpaired) electrons. The van der Waals surface area contributed by atoms with Gasteiger partial charge in [0.05, 0.1) is 6.54 Å². The van der Waals surface area contributed by atoms with Crippen LogP contribution >= 0.6 is 35.0 Å². The number of rotatable bonds is 5. The number of halogens is 2. The maximum absolute atomic E-state index is 12.6. The molecule has 0 saturated heterocycles. The van der Waals surface area contributed by atoms with Crippen LogP contribution in [0.2, 0.25) is 10.0 Å². The summed E-state index contributed by atoms with van der Waals surface area (Å²) in [5.41, 5.74) is 1.81. The largest absolute Gasteiger partial charge is 0.329 e. The van der Waals surface area contributed by atoms with Gasteiger partial charge in [-0.05, 0) is 35.4 Å². The van der Waals surface area contributed by atoms with Gasteiger partial charge in [-0.25, -0.2) is 9.78 Å². The highest BCUT2D eigenvalue weighted by molar-refractivity contribution is 7.98. The van der Waals surface area contributed by atoms with Crippen molar-refractivity contribution in [3.63, 3.8) is 0 Å². The second kappa shape index (κ2) is 8.10. The van der Waals surface area contributed by atoms with Crippen molar-refractivity contribution in [2.24, 2.45) is 7.05 Å². The Labute approximate surface area is 180 Å². The Morgan fingerprint density at radius 1 is 0.966 bits per heavy atom. The van der Waals surface area contributed by atoms with E-state index in [-0.39, 0.29) is 0 Å². The maximum atomic E-state index is 12.6. The van der Waals surface area contributed by atoms with Crippen molar-refractivity contribution in [3.05, 3.63) is 90.5 Å². The number of aryl methyl sites for hydroxylation is 1. The lowest BCUT2D eigenvalue weighted by Crippen LogP contribution is -2.29. The molecule has 29 heavy (non-hydrogen) atoms. The lowest BCUT2D eigenvalue weighted by Gasteiger charge is -2.09. The van der Waals surface area contributed by atoms with Crippen molar-refractivity contribution in [2.75, 3.05) is 0 Å². The fraction of sp³-hybridized carbons (Fsp3) is 0.150. The van der Waals surface area contributed by atoms with Crippen LogP contribution in [0, 0.1) is 0 Å². The number of nitrogens with one attached hydrogen (secondary N) is 1. The molecule has 4 rings (SSSR count). The van der Waals surface area contributed by atoms with Crippen LogP contribution in [0.1, 0.15) is 11.1 Å². The van der Waals surface area contributed by atoms with E-state index < -0.39 is 11.2 Å². The molecule has 0 unspecified atom stereocenters. The Bertz CT molecular complexity index is 1290. The van der Waals surface area contributed by atoms with Crippen LogP contribution in [0.25, 0.3) is 11.2 Å². The molecule has 4 aromatic rings. The van der Waals surface area contributed by atoms with E-state index in [0.717, 1.165) is 11.1 Å². The van der Waals surface area contributed by atoms with Gasteiger partial charge in [0.25, 0.3) is 5.56 Å². The summed E-state index contributed by atoms with van der Waals surface area (Å²) in [5, 5.41) is 1.97. The number of H-pyrrole nitrogens is 1. The Hall–Kier alpha value is -2.48. The SMILES string of the molecule is Cn1c(=O)[nH]c(=O)c2c1nc(SCc1ccc(Cl)cc1)n2Cc1ccc(Cl)cc1. The van der Waals surface area contributed by atoms with Crippen molar-refractivity contribution in [1.82, 2.24) is 19.1 Å². The van der Waals surface area contributed by atoms with E-state index in [1.54, 1.807) is 19.2 Å². The Balaban J connectivity index is 1.78. The summed E-state index contributed by atoms with van der Waals surface area (Å²) in [6, 6.07) is 15.0. The monoisotopic (exact) mass is 446 g/mol. The zero-order chi connectivity index (χ0) is 20.5. The van der Waals surface area contributed by atoms with Gasteiger partial charge in [0.2, 0.25) is 0 Å². The predicted octanol–water partition coefficient (Wildman–Crippen LogP) is 4.07. The molecule has 0 amide bonds. The molecule has 0 aliphatic heterocycles. The van der Waals surface area contributed by atoms with Crippen LogP contribution in [-0.4, -0.2) is 19.1 Å². The minimum atomic E-state index is -0.493. The number of fused-ring (bicyclic) bond motifs is 1. The number of imidazole rings is 1. The predicted molar refractivity (Wildman–Crippen MR) is 117 cm³/mol. The standard InChI is InChI=1S/C20H16Cl2N4O2S/c1-25-17-16(18(27)24-19(25)28)26(10-12-2-6-14(21)7-3-12)20(23-17)29-11-13-4-8-15(22)9-5-13/h2-9H,10-11H2,1H3,(H,24,27,28). The molecule has 2 aromatic carbocycles. The van der Waals surface area contributed by atoms with Crippen LogP contribution < -0.4 is 11.2 Å². The molecule has 0 fully saturated rings. The van der Waals surface area contributed by atoms with Gasteiger partial charge in [0.15, 0.2) is 16.3 Å². The Kier molecular flexibility index (Phi) is 5.54. The summed E-state index contributed by atoms with van der Waals surface area (Å²) < 4.78 is 3.18. The first-order chi connectivity index (χ1) is 13.9. The van der Waals surface area contributed by atoms with Crippen LogP contribution in [-0.2, 0) is 19.3 Å². The summed E-state index contributed by atoms with van der Waals surface area (Å²) in [5.74, 6) is 0.646. The second-order valence-electron chi connectivity index (χ2n) is 6.51. The average molecular weight is 447 g/mol. The zero-order valence-electron chi connectivity index (χ0n) is 15.4. The maximum Gasteiger partial charge on any atom is 0.329 e. The fourth-order valence-corrected chi connectivity index (χ4v) is 4.18. The molecule has 6 nitrogen and oxygen atoms in total. The van der Waals surface area contributed by atoms with E-state index >= 15 is 0 Å². The third kappa shape index (κ3) is 4.12. The van der Waals surface area contributed by atoms with E-state index in [2.05, 4.69) is 9.97 Å². The molecule has 0 aliphatic carbocycles. The molecular weight excluding hydrogens is 431 g/mol. The molecule has 0 atom stereocenters. The Morgan fingerprint density at radius 3 is 2.17 bits per heavy atom. The van der Waals surface area contributed by atoms with E-state index in [1.807, 2.05) is 41.0 Å². The molecule has 148 valence electrons. The number of benzene rings is 2. The van der Waals surface area contributed by atoms with Crippen LogP contribution in [0.4, 0.5) is 0 Å². The third-order valence-electron chi connectivity index (χ3n) is 4.51. The lowest BCUT2D eigenvalue weighted by atomic mass is 10.2. The molecular formula is C20H16Cl2N4O2S. The molecule has 0 bridgehead atoms. The van der Waals surface area contributed by atoms with Crippen LogP contribution in [0.5, 0.6) is 0 Å². The van der Waals surface area contributed by atoms with E-state index in [4.69, 9.17) is 23.2 Å². The van der Waals surface area contributed by atoms with Gasteiger partial charge >= 0.3 is 5.69 Å². The summed E-state index contributed by atoms with van der Waals surface area (Å²) in [4.78, 5) is 31.5. The first-order valence-corrected chi connectivity index (χ1v) is 10.5. The number of aromatic amines is 1. The second-order valence-corrected chi connectivity index (χ2v) is 8.33. The average Bonchev–Trinajstić information content (AvgIpc) is 3.06. The summed E-state index contributed by atoms with van der Waals surface area (Å²) in [7, 11) is 1.59. The molecule has 0 aliphatic rings. The lowest BCUT2D eigenvalue weighted by molar-refractivity contribution is 0.728. The highest BCUT2D eigenvalue weighted by Gasteiger charge is 2.18. The summed E-state index contributed by atoms with van der Waals surface area (Å²) in [6.07, 6.45) is 0. The van der Waals surface area contributed by atoms with Crippen LogP contribution in [0.15, 0.2) is 63.3 Å². The summed E-state index contributed by atoms with van der Waals surface area (Å²) >= 11 is 13.4. The van der Waals surface area contributed by atoms with Gasteiger partial charge in [-0.1, -0.05) is 59.2 Å². The molecule has 0 spiro atoms. The molecule has 2 heterocycles. The first kappa shape index (κ1) is 19.8. The van der Waals surface area contributed by atoms with Crippen molar-refractivity contribution >= 4 is 46.1 Å². The molecule has 9 heteroatoms. The van der Waals surface area contributed by atoms with Gasteiger partial charge in [-0.15, -0.1) is 0 Å².